The van der Waals surface area contributed by atoms with Crippen molar-refractivity contribution in [1.29, 1.82) is 0 Å². The van der Waals surface area contributed by atoms with Gasteiger partial charge in [0.05, 0.1) is 7.11 Å². The summed E-state index contributed by atoms with van der Waals surface area (Å²) >= 11 is 5.77. The Labute approximate surface area is 138 Å². The number of carbonyl (C=O) groups excluding carboxylic acids is 1. The number of nitrogens with one attached hydrogen (secondary N) is 1. The molecule has 0 radical (unpaired) electrons. The molecule has 0 aliphatic rings. The van der Waals surface area contributed by atoms with Crippen molar-refractivity contribution in [2.45, 2.75) is 12.5 Å². The van der Waals surface area contributed by atoms with Gasteiger partial charge in [-0.25, -0.2) is 4.79 Å². The Bertz CT molecular complexity index is 700. The van der Waals surface area contributed by atoms with Crippen molar-refractivity contribution in [2.75, 3.05) is 7.11 Å². The van der Waals surface area contributed by atoms with Crippen LogP contribution in [0, 0.1) is 0 Å². The number of aliphatic carboxylic acids is 1. The van der Waals surface area contributed by atoms with Crippen LogP contribution in [0.4, 0.5) is 0 Å². The molecule has 2 aromatic rings. The van der Waals surface area contributed by atoms with Crippen LogP contribution in [0.15, 0.2) is 48.5 Å². The molecule has 6 heteroatoms. The second kappa shape index (κ2) is 7.65. The van der Waals surface area contributed by atoms with Crippen molar-refractivity contribution in [2.24, 2.45) is 0 Å². The summed E-state index contributed by atoms with van der Waals surface area (Å²) in [5, 5.41) is 12.4. The van der Waals surface area contributed by atoms with Crippen molar-refractivity contribution in [1.82, 2.24) is 5.32 Å². The van der Waals surface area contributed by atoms with E-state index in [-0.39, 0.29) is 6.42 Å². The lowest BCUT2D eigenvalue weighted by molar-refractivity contribution is -0.139. The quantitative estimate of drug-likeness (QED) is 0.852. The van der Waals surface area contributed by atoms with E-state index in [1.54, 1.807) is 48.5 Å². The summed E-state index contributed by atoms with van der Waals surface area (Å²) in [5.41, 5.74) is 1.06. The van der Waals surface area contributed by atoms with Crippen molar-refractivity contribution in [3.05, 3.63) is 64.7 Å². The van der Waals surface area contributed by atoms with Crippen LogP contribution in [-0.2, 0) is 11.2 Å². The summed E-state index contributed by atoms with van der Waals surface area (Å²) in [6, 6.07) is 12.3. The molecule has 0 unspecified atom stereocenters. The zero-order valence-electron chi connectivity index (χ0n) is 12.5. The highest BCUT2D eigenvalue weighted by atomic mass is 35.5. The Morgan fingerprint density at radius 3 is 2.43 bits per heavy atom. The summed E-state index contributed by atoms with van der Waals surface area (Å²) in [6.07, 6.45) is 0.124. The molecular weight excluding hydrogens is 318 g/mol. The highest BCUT2D eigenvalue weighted by Crippen LogP contribution is 2.19. The van der Waals surface area contributed by atoms with E-state index in [1.165, 1.54) is 7.11 Å². The Hall–Kier alpha value is -2.53. The second-order valence-electron chi connectivity index (χ2n) is 4.89. The number of rotatable bonds is 6. The number of amides is 1. The van der Waals surface area contributed by atoms with Gasteiger partial charge in [-0.15, -0.1) is 0 Å². The maximum Gasteiger partial charge on any atom is 0.326 e. The Kier molecular flexibility index (Phi) is 5.60. The molecule has 0 spiro atoms. The van der Waals surface area contributed by atoms with Crippen molar-refractivity contribution in [3.63, 3.8) is 0 Å². The van der Waals surface area contributed by atoms with Crippen LogP contribution < -0.4 is 10.1 Å². The molecule has 1 amide bonds. The van der Waals surface area contributed by atoms with Crippen LogP contribution in [0.25, 0.3) is 0 Å². The first kappa shape index (κ1) is 16.8. The molecule has 2 N–H and O–H groups in total. The van der Waals surface area contributed by atoms with Gasteiger partial charge in [0.1, 0.15) is 11.8 Å². The number of hydrogen-bond acceptors (Lipinski definition) is 3. The smallest absolute Gasteiger partial charge is 0.326 e. The number of benzene rings is 2. The minimum Gasteiger partial charge on any atom is -0.496 e. The predicted octanol–water partition coefficient (Wildman–Crippen LogP) is 2.77. The molecule has 0 aliphatic carbocycles. The molecule has 0 saturated heterocycles. The van der Waals surface area contributed by atoms with Gasteiger partial charge >= 0.3 is 5.97 Å². The zero-order chi connectivity index (χ0) is 16.8. The van der Waals surface area contributed by atoms with Crippen LogP contribution in [0.5, 0.6) is 5.75 Å². The molecule has 2 rings (SSSR count). The van der Waals surface area contributed by atoms with Crippen LogP contribution in [0.1, 0.15) is 15.9 Å². The number of halogens is 1. The number of para-hydroxylation sites is 1. The van der Waals surface area contributed by atoms with Gasteiger partial charge in [0.15, 0.2) is 0 Å². The predicted molar refractivity (Wildman–Crippen MR) is 87.0 cm³/mol. The highest BCUT2D eigenvalue weighted by molar-refractivity contribution is 6.30. The highest BCUT2D eigenvalue weighted by Gasteiger charge is 2.22. The number of carboxylic acid groups (broad SMARTS) is 1. The van der Waals surface area contributed by atoms with E-state index in [4.69, 9.17) is 16.3 Å². The average molecular weight is 334 g/mol. The molecule has 0 heterocycles. The van der Waals surface area contributed by atoms with Crippen LogP contribution >= 0.6 is 11.6 Å². The maximum absolute atomic E-state index is 12.2. The monoisotopic (exact) mass is 333 g/mol. The molecule has 0 aromatic heterocycles. The molecule has 0 bridgehead atoms. The third-order valence-corrected chi connectivity index (χ3v) is 3.58. The second-order valence-corrected chi connectivity index (χ2v) is 5.32. The van der Waals surface area contributed by atoms with E-state index < -0.39 is 17.9 Å². The van der Waals surface area contributed by atoms with E-state index in [9.17, 15) is 14.7 Å². The SMILES string of the molecule is COc1ccccc1C[C@H](NC(=O)c1ccc(Cl)cc1)C(=O)O. The summed E-state index contributed by atoms with van der Waals surface area (Å²) in [5.74, 6) is -0.998. The molecule has 0 aliphatic heterocycles. The van der Waals surface area contributed by atoms with E-state index in [1.807, 2.05) is 0 Å². The third kappa shape index (κ3) is 4.47. The topological polar surface area (TPSA) is 75.6 Å². The largest absolute Gasteiger partial charge is 0.496 e. The van der Waals surface area contributed by atoms with Crippen molar-refractivity contribution < 1.29 is 19.4 Å². The standard InChI is InChI=1S/C17H16ClNO4/c1-23-15-5-3-2-4-12(15)10-14(17(21)22)19-16(20)11-6-8-13(18)9-7-11/h2-9,14H,10H2,1H3,(H,19,20)(H,21,22)/t14-/m0/s1. The molecule has 120 valence electrons. The lowest BCUT2D eigenvalue weighted by atomic mass is 10.0. The minimum atomic E-state index is -1.11. The van der Waals surface area contributed by atoms with Crippen LogP contribution in [-0.4, -0.2) is 30.1 Å². The molecule has 1 atom stereocenters. The maximum atomic E-state index is 12.2. The molecule has 2 aromatic carbocycles. The molecule has 0 saturated carbocycles. The normalized spacial score (nSPS) is 11.6. The average Bonchev–Trinajstić information content (AvgIpc) is 2.55. The zero-order valence-corrected chi connectivity index (χ0v) is 13.2. The molecule has 23 heavy (non-hydrogen) atoms. The van der Waals surface area contributed by atoms with Crippen molar-refractivity contribution >= 4 is 23.5 Å². The van der Waals surface area contributed by atoms with Crippen LogP contribution in [0.2, 0.25) is 5.02 Å². The number of carboxylic acids is 1. The Morgan fingerprint density at radius 1 is 1.17 bits per heavy atom. The fourth-order valence-corrected chi connectivity index (χ4v) is 2.26. The molecular formula is C17H16ClNO4. The first-order valence-corrected chi connectivity index (χ1v) is 7.30. The fourth-order valence-electron chi connectivity index (χ4n) is 2.13. The lowest BCUT2D eigenvalue weighted by Crippen LogP contribution is -2.42. The van der Waals surface area contributed by atoms with E-state index in [0.29, 0.717) is 21.9 Å². The lowest BCUT2D eigenvalue weighted by Gasteiger charge is -2.16. The number of carbonyl (C=O) groups is 2. The summed E-state index contributed by atoms with van der Waals surface area (Å²) in [7, 11) is 1.51. The van der Waals surface area contributed by atoms with Crippen LogP contribution in [0.3, 0.4) is 0 Å². The van der Waals surface area contributed by atoms with Gasteiger partial charge < -0.3 is 15.2 Å². The van der Waals surface area contributed by atoms with E-state index in [2.05, 4.69) is 5.32 Å². The van der Waals surface area contributed by atoms with Gasteiger partial charge in [-0.3, -0.25) is 4.79 Å². The van der Waals surface area contributed by atoms with E-state index in [0.717, 1.165) is 0 Å². The molecule has 5 nitrogen and oxygen atoms in total. The van der Waals surface area contributed by atoms with Gasteiger partial charge in [-0.05, 0) is 35.9 Å². The number of ether oxygens (including phenoxy) is 1. The summed E-state index contributed by atoms with van der Waals surface area (Å²) in [4.78, 5) is 23.6. The first-order chi connectivity index (χ1) is 11.0. The van der Waals surface area contributed by atoms with Crippen molar-refractivity contribution in [3.8, 4) is 5.75 Å². The van der Waals surface area contributed by atoms with Gasteiger partial charge in [-0.2, -0.15) is 0 Å². The molecule has 0 fully saturated rings. The van der Waals surface area contributed by atoms with Gasteiger partial charge in [0.25, 0.3) is 5.91 Å². The van der Waals surface area contributed by atoms with Gasteiger partial charge in [0.2, 0.25) is 0 Å². The minimum absolute atomic E-state index is 0.124. The van der Waals surface area contributed by atoms with Gasteiger partial charge in [0, 0.05) is 17.0 Å². The van der Waals surface area contributed by atoms with E-state index >= 15 is 0 Å². The summed E-state index contributed by atoms with van der Waals surface area (Å²) in [6.45, 7) is 0. The fraction of sp³-hybridized carbons (Fsp3) is 0.176. The third-order valence-electron chi connectivity index (χ3n) is 3.33. The number of methoxy groups -OCH3 is 1. The Balaban J connectivity index is 2.14. The first-order valence-electron chi connectivity index (χ1n) is 6.92. The summed E-state index contributed by atoms with van der Waals surface area (Å²) < 4.78 is 5.21. The van der Waals surface area contributed by atoms with Gasteiger partial charge in [-0.1, -0.05) is 29.8 Å². The number of hydrogen-bond donors (Lipinski definition) is 2. The Morgan fingerprint density at radius 2 is 1.83 bits per heavy atom.